The predicted molar refractivity (Wildman–Crippen MR) is 108 cm³/mol. The van der Waals surface area contributed by atoms with Gasteiger partial charge in [0.15, 0.2) is 0 Å². The van der Waals surface area contributed by atoms with Gasteiger partial charge in [-0.1, -0.05) is 22.9 Å². The number of nitrogens with one attached hydrogen (secondary N) is 1. The summed E-state index contributed by atoms with van der Waals surface area (Å²) < 4.78 is 14.6. The molecule has 0 unspecified atom stereocenters. The average Bonchev–Trinajstić information content (AvgIpc) is 2.65. The summed E-state index contributed by atoms with van der Waals surface area (Å²) >= 11 is 3.27. The highest BCUT2D eigenvalue weighted by Crippen LogP contribution is 2.25. The van der Waals surface area contributed by atoms with Gasteiger partial charge in [0.05, 0.1) is 5.56 Å². The number of nitrogens with zero attached hydrogens (tertiary/aromatic N) is 2. The molecule has 1 saturated heterocycles. The third kappa shape index (κ3) is 4.24. The van der Waals surface area contributed by atoms with Crippen LogP contribution in [0.25, 0.3) is 0 Å². The molecule has 1 heterocycles. The van der Waals surface area contributed by atoms with Crippen LogP contribution in [-0.2, 0) is 0 Å². The molecule has 1 aliphatic rings. The zero-order valence-electron chi connectivity index (χ0n) is 15.1. The predicted octanol–water partition coefficient (Wildman–Crippen LogP) is 4.29. The first-order valence-corrected chi connectivity index (χ1v) is 9.61. The second-order valence-electron chi connectivity index (χ2n) is 6.50. The Kier molecular flexibility index (Phi) is 5.94. The fourth-order valence-corrected chi connectivity index (χ4v) is 3.53. The Hall–Kier alpha value is -1.92. The Labute approximate surface area is 162 Å². The van der Waals surface area contributed by atoms with Gasteiger partial charge in [0, 0.05) is 42.0 Å². The molecule has 0 bridgehead atoms. The highest BCUT2D eigenvalue weighted by molar-refractivity contribution is 9.10. The van der Waals surface area contributed by atoms with Crippen LogP contribution < -0.4 is 10.2 Å². The van der Waals surface area contributed by atoms with Gasteiger partial charge in [-0.25, -0.2) is 4.39 Å². The SMILES string of the molecule is CCN1CCN(c2ccc(NC(=O)c3cc(Br)ccc3F)c(C)c2)CC1. The molecule has 0 aliphatic carbocycles. The molecule has 1 amide bonds. The second-order valence-corrected chi connectivity index (χ2v) is 7.41. The number of aryl methyl sites for hydroxylation is 1. The highest BCUT2D eigenvalue weighted by Gasteiger charge is 2.17. The van der Waals surface area contributed by atoms with Crippen LogP contribution >= 0.6 is 15.9 Å². The van der Waals surface area contributed by atoms with E-state index < -0.39 is 11.7 Å². The number of carbonyl (C=O) groups excluding carboxylic acids is 1. The molecule has 1 N–H and O–H groups in total. The molecule has 3 rings (SSSR count). The van der Waals surface area contributed by atoms with Crippen LogP contribution in [-0.4, -0.2) is 43.5 Å². The van der Waals surface area contributed by atoms with Crippen molar-refractivity contribution in [1.82, 2.24) is 4.90 Å². The third-order valence-corrected chi connectivity index (χ3v) is 5.31. The van der Waals surface area contributed by atoms with Crippen LogP contribution in [0.1, 0.15) is 22.8 Å². The quantitative estimate of drug-likeness (QED) is 0.802. The Morgan fingerprint density at radius 2 is 1.88 bits per heavy atom. The van der Waals surface area contributed by atoms with E-state index in [2.05, 4.69) is 44.0 Å². The summed E-state index contributed by atoms with van der Waals surface area (Å²) in [5, 5.41) is 2.81. The molecule has 0 saturated carbocycles. The van der Waals surface area contributed by atoms with E-state index in [-0.39, 0.29) is 5.56 Å². The molecule has 2 aromatic rings. The molecule has 0 aromatic heterocycles. The largest absolute Gasteiger partial charge is 0.369 e. The number of rotatable bonds is 4. The molecule has 138 valence electrons. The lowest BCUT2D eigenvalue weighted by molar-refractivity contribution is 0.102. The van der Waals surface area contributed by atoms with E-state index in [1.54, 1.807) is 6.07 Å². The Bertz CT molecular complexity index is 804. The maximum absolute atomic E-state index is 13.9. The number of hydrogen-bond donors (Lipinski definition) is 1. The van der Waals surface area contributed by atoms with E-state index in [0.717, 1.165) is 44.0 Å². The molecule has 6 heteroatoms. The van der Waals surface area contributed by atoms with Crippen molar-refractivity contribution >= 4 is 33.2 Å². The third-order valence-electron chi connectivity index (χ3n) is 4.82. The van der Waals surface area contributed by atoms with Crippen molar-refractivity contribution in [1.29, 1.82) is 0 Å². The number of likely N-dealkylation sites (N-methyl/N-ethyl adjacent to an activating group) is 1. The molecular weight excluding hydrogens is 397 g/mol. The fourth-order valence-electron chi connectivity index (χ4n) is 3.17. The zero-order valence-corrected chi connectivity index (χ0v) is 16.6. The number of piperazine rings is 1. The molecule has 1 aliphatic heterocycles. The number of halogens is 2. The minimum atomic E-state index is -0.534. The summed E-state index contributed by atoms with van der Waals surface area (Å²) in [4.78, 5) is 17.2. The molecule has 0 spiro atoms. The summed E-state index contributed by atoms with van der Waals surface area (Å²) in [6, 6.07) is 10.3. The first-order valence-electron chi connectivity index (χ1n) is 8.82. The lowest BCUT2D eigenvalue weighted by Gasteiger charge is -2.35. The van der Waals surface area contributed by atoms with Gasteiger partial charge in [-0.3, -0.25) is 4.79 Å². The van der Waals surface area contributed by atoms with E-state index in [9.17, 15) is 9.18 Å². The molecule has 2 aromatic carbocycles. The van der Waals surface area contributed by atoms with E-state index in [1.165, 1.54) is 12.1 Å². The average molecular weight is 420 g/mol. The molecule has 1 fully saturated rings. The van der Waals surface area contributed by atoms with Crippen molar-refractivity contribution < 1.29 is 9.18 Å². The van der Waals surface area contributed by atoms with Crippen LogP contribution in [0.2, 0.25) is 0 Å². The molecule has 4 nitrogen and oxygen atoms in total. The van der Waals surface area contributed by atoms with Crippen molar-refractivity contribution in [2.24, 2.45) is 0 Å². The molecular formula is C20H23BrFN3O. The van der Waals surface area contributed by atoms with Gasteiger partial charge >= 0.3 is 0 Å². The van der Waals surface area contributed by atoms with Crippen molar-refractivity contribution in [3.8, 4) is 0 Å². The van der Waals surface area contributed by atoms with Gasteiger partial charge < -0.3 is 15.1 Å². The van der Waals surface area contributed by atoms with E-state index >= 15 is 0 Å². The Morgan fingerprint density at radius 1 is 1.15 bits per heavy atom. The van der Waals surface area contributed by atoms with Crippen molar-refractivity contribution in [2.45, 2.75) is 13.8 Å². The lowest BCUT2D eigenvalue weighted by Crippen LogP contribution is -2.46. The smallest absolute Gasteiger partial charge is 0.258 e. The van der Waals surface area contributed by atoms with Gasteiger partial charge in [0.2, 0.25) is 0 Å². The number of anilines is 2. The van der Waals surface area contributed by atoms with Gasteiger partial charge in [-0.05, 0) is 55.4 Å². The number of carbonyl (C=O) groups is 1. The van der Waals surface area contributed by atoms with E-state index in [1.807, 2.05) is 19.1 Å². The Morgan fingerprint density at radius 3 is 2.54 bits per heavy atom. The summed E-state index contributed by atoms with van der Waals surface area (Å²) in [5.41, 5.74) is 2.85. The van der Waals surface area contributed by atoms with E-state index in [0.29, 0.717) is 10.2 Å². The van der Waals surface area contributed by atoms with Crippen molar-refractivity contribution in [2.75, 3.05) is 42.9 Å². The van der Waals surface area contributed by atoms with Crippen LogP contribution in [0.15, 0.2) is 40.9 Å². The summed E-state index contributed by atoms with van der Waals surface area (Å²) in [6.07, 6.45) is 0. The van der Waals surface area contributed by atoms with Gasteiger partial charge in [0.1, 0.15) is 5.82 Å². The molecule has 0 atom stereocenters. The first-order chi connectivity index (χ1) is 12.5. The monoisotopic (exact) mass is 419 g/mol. The first kappa shape index (κ1) is 18.9. The second kappa shape index (κ2) is 8.18. The van der Waals surface area contributed by atoms with Crippen molar-refractivity contribution in [3.05, 3.63) is 57.8 Å². The summed E-state index contributed by atoms with van der Waals surface area (Å²) in [6.45, 7) is 9.37. The minimum absolute atomic E-state index is 0.0264. The van der Waals surface area contributed by atoms with E-state index in [4.69, 9.17) is 0 Å². The number of hydrogen-bond acceptors (Lipinski definition) is 3. The normalized spacial score (nSPS) is 15.2. The lowest BCUT2D eigenvalue weighted by atomic mass is 10.1. The maximum atomic E-state index is 13.9. The highest BCUT2D eigenvalue weighted by atomic mass is 79.9. The molecule has 0 radical (unpaired) electrons. The van der Waals surface area contributed by atoms with Crippen LogP contribution in [0, 0.1) is 12.7 Å². The van der Waals surface area contributed by atoms with Gasteiger partial charge in [-0.2, -0.15) is 0 Å². The number of benzene rings is 2. The van der Waals surface area contributed by atoms with Crippen molar-refractivity contribution in [3.63, 3.8) is 0 Å². The topological polar surface area (TPSA) is 35.6 Å². The van der Waals surface area contributed by atoms with Crippen LogP contribution in [0.4, 0.5) is 15.8 Å². The minimum Gasteiger partial charge on any atom is -0.369 e. The molecule has 26 heavy (non-hydrogen) atoms. The summed E-state index contributed by atoms with van der Waals surface area (Å²) in [7, 11) is 0. The van der Waals surface area contributed by atoms with Crippen LogP contribution in [0.5, 0.6) is 0 Å². The summed E-state index contributed by atoms with van der Waals surface area (Å²) in [5.74, 6) is -0.982. The van der Waals surface area contributed by atoms with Gasteiger partial charge in [-0.15, -0.1) is 0 Å². The zero-order chi connectivity index (χ0) is 18.7. The Balaban J connectivity index is 1.72. The number of amides is 1. The standard InChI is InChI=1S/C20H23BrFN3O/c1-3-24-8-10-25(11-9-24)16-5-7-19(14(2)12-16)23-20(26)17-13-15(21)4-6-18(17)22/h4-7,12-13H,3,8-11H2,1-2H3,(H,23,26). The van der Waals surface area contributed by atoms with Gasteiger partial charge in [0.25, 0.3) is 5.91 Å². The van der Waals surface area contributed by atoms with Crippen LogP contribution in [0.3, 0.4) is 0 Å². The fraction of sp³-hybridized carbons (Fsp3) is 0.350. The maximum Gasteiger partial charge on any atom is 0.258 e.